The first kappa shape index (κ1) is 13.9. The highest BCUT2D eigenvalue weighted by molar-refractivity contribution is 7.91. The molecule has 0 bridgehead atoms. The molecule has 0 spiro atoms. The van der Waals surface area contributed by atoms with Gasteiger partial charge in [-0.05, 0) is 25.0 Å². The summed E-state index contributed by atoms with van der Waals surface area (Å²) in [5.74, 6) is -0.892. The minimum absolute atomic E-state index is 0.00952. The number of hydrogen-bond acceptors (Lipinski definition) is 4. The van der Waals surface area contributed by atoms with E-state index in [1.54, 1.807) is 36.1 Å². The molecule has 6 heteroatoms. The van der Waals surface area contributed by atoms with Gasteiger partial charge in [0, 0.05) is 6.54 Å². The lowest BCUT2D eigenvalue weighted by molar-refractivity contribution is -0.138. The van der Waals surface area contributed by atoms with E-state index in [9.17, 15) is 18.3 Å². The highest BCUT2D eigenvalue weighted by atomic mass is 32.2. The number of carbonyl (C=O) groups is 1. The van der Waals surface area contributed by atoms with Gasteiger partial charge in [-0.3, -0.25) is 0 Å². The van der Waals surface area contributed by atoms with Crippen LogP contribution in [0, 0.1) is 0 Å². The van der Waals surface area contributed by atoms with E-state index in [4.69, 9.17) is 0 Å². The first-order chi connectivity index (χ1) is 8.97. The molecule has 1 aromatic rings. The van der Waals surface area contributed by atoms with Gasteiger partial charge in [0.05, 0.1) is 16.3 Å². The van der Waals surface area contributed by atoms with E-state index in [0.717, 1.165) is 6.42 Å². The Labute approximate surface area is 112 Å². The van der Waals surface area contributed by atoms with E-state index in [1.807, 2.05) is 0 Å². The Morgan fingerprint density at radius 2 is 2.11 bits per heavy atom. The van der Waals surface area contributed by atoms with Crippen LogP contribution in [0.25, 0.3) is 0 Å². The molecule has 104 valence electrons. The molecule has 1 fully saturated rings. The Kier molecular flexibility index (Phi) is 3.80. The number of aliphatic carboxylic acids is 1. The summed E-state index contributed by atoms with van der Waals surface area (Å²) in [7, 11) is -3.35. The second-order valence-corrected chi connectivity index (χ2v) is 6.81. The zero-order valence-electron chi connectivity index (χ0n) is 10.7. The quantitative estimate of drug-likeness (QED) is 0.907. The zero-order valence-corrected chi connectivity index (χ0v) is 11.6. The maximum absolute atomic E-state index is 12.1. The average Bonchev–Trinajstić information content (AvgIpc) is 2.88. The second-order valence-electron chi connectivity index (χ2n) is 4.56. The fourth-order valence-corrected chi connectivity index (χ4v) is 3.53. The summed E-state index contributed by atoms with van der Waals surface area (Å²) in [6, 6.07) is 6.00. The van der Waals surface area contributed by atoms with E-state index in [0.29, 0.717) is 18.7 Å². The van der Waals surface area contributed by atoms with Gasteiger partial charge < -0.3 is 10.0 Å². The lowest BCUT2D eigenvalue weighted by atomic mass is 10.2. The topological polar surface area (TPSA) is 74.7 Å². The van der Waals surface area contributed by atoms with E-state index in [2.05, 4.69) is 0 Å². The average molecular weight is 283 g/mol. The third-order valence-electron chi connectivity index (χ3n) is 3.43. The van der Waals surface area contributed by atoms with Crippen molar-refractivity contribution in [2.75, 3.05) is 17.2 Å². The molecule has 1 aliphatic rings. The number of hydrogen-bond donors (Lipinski definition) is 1. The summed E-state index contributed by atoms with van der Waals surface area (Å²) in [5, 5.41) is 9.20. The fourth-order valence-electron chi connectivity index (χ4n) is 2.42. The lowest BCUT2D eigenvalue weighted by Gasteiger charge is -2.25. The van der Waals surface area contributed by atoms with Crippen molar-refractivity contribution in [3.8, 4) is 0 Å². The second kappa shape index (κ2) is 5.21. The number of anilines is 1. The van der Waals surface area contributed by atoms with Gasteiger partial charge in [-0.25, -0.2) is 13.2 Å². The molecule has 0 aliphatic carbocycles. The van der Waals surface area contributed by atoms with Crippen molar-refractivity contribution < 1.29 is 18.3 Å². The van der Waals surface area contributed by atoms with Gasteiger partial charge in [0.1, 0.15) is 6.04 Å². The molecule has 1 N–H and O–H groups in total. The van der Waals surface area contributed by atoms with E-state index in [-0.39, 0.29) is 10.6 Å². The van der Waals surface area contributed by atoms with Crippen LogP contribution in [0.5, 0.6) is 0 Å². The maximum Gasteiger partial charge on any atom is 0.326 e. The summed E-state index contributed by atoms with van der Waals surface area (Å²) >= 11 is 0. The molecule has 1 aromatic carbocycles. The summed E-state index contributed by atoms with van der Waals surface area (Å²) in [4.78, 5) is 13.1. The monoisotopic (exact) mass is 283 g/mol. The molecule has 1 unspecified atom stereocenters. The van der Waals surface area contributed by atoms with Crippen LogP contribution >= 0.6 is 0 Å². The van der Waals surface area contributed by atoms with Crippen molar-refractivity contribution in [1.29, 1.82) is 0 Å². The molecule has 1 heterocycles. The van der Waals surface area contributed by atoms with Crippen molar-refractivity contribution in [2.45, 2.75) is 30.7 Å². The van der Waals surface area contributed by atoms with Crippen LogP contribution in [-0.4, -0.2) is 37.8 Å². The van der Waals surface area contributed by atoms with Crippen LogP contribution in [0.2, 0.25) is 0 Å². The molecular weight excluding hydrogens is 266 g/mol. The van der Waals surface area contributed by atoms with E-state index in [1.165, 1.54) is 0 Å². The molecular formula is C13H17NO4S. The van der Waals surface area contributed by atoms with Gasteiger partial charge in [-0.2, -0.15) is 0 Å². The van der Waals surface area contributed by atoms with E-state index >= 15 is 0 Å². The number of carboxylic acid groups (broad SMARTS) is 1. The van der Waals surface area contributed by atoms with Crippen LogP contribution in [0.15, 0.2) is 29.2 Å². The molecule has 2 rings (SSSR count). The van der Waals surface area contributed by atoms with Crippen LogP contribution in [0.4, 0.5) is 5.69 Å². The molecule has 0 radical (unpaired) electrons. The number of para-hydroxylation sites is 1. The third-order valence-corrected chi connectivity index (χ3v) is 5.20. The molecule has 19 heavy (non-hydrogen) atoms. The largest absolute Gasteiger partial charge is 0.480 e. The first-order valence-electron chi connectivity index (χ1n) is 6.28. The van der Waals surface area contributed by atoms with Crippen LogP contribution in [0.1, 0.15) is 19.8 Å². The number of benzene rings is 1. The Bertz CT molecular complexity index is 582. The number of nitrogens with zero attached hydrogens (tertiary/aromatic N) is 1. The normalized spacial score (nSPS) is 19.6. The van der Waals surface area contributed by atoms with Gasteiger partial charge in [-0.15, -0.1) is 0 Å². The highest BCUT2D eigenvalue weighted by Crippen LogP contribution is 2.31. The molecule has 1 aliphatic heterocycles. The van der Waals surface area contributed by atoms with Crippen LogP contribution in [-0.2, 0) is 14.6 Å². The van der Waals surface area contributed by atoms with Crippen molar-refractivity contribution in [1.82, 2.24) is 0 Å². The minimum atomic E-state index is -3.35. The standard InChI is InChI=1S/C13H17NO4S/c1-2-19(17,18)12-8-4-3-6-10(12)14-9-5-7-11(14)13(15)16/h3-4,6,8,11H,2,5,7,9H2,1H3,(H,15,16). The van der Waals surface area contributed by atoms with Gasteiger partial charge in [0.2, 0.25) is 0 Å². The van der Waals surface area contributed by atoms with Crippen molar-refractivity contribution in [3.05, 3.63) is 24.3 Å². The van der Waals surface area contributed by atoms with Crippen molar-refractivity contribution in [3.63, 3.8) is 0 Å². The summed E-state index contributed by atoms with van der Waals surface area (Å²) in [6.07, 6.45) is 1.31. The van der Waals surface area contributed by atoms with E-state index < -0.39 is 21.8 Å². The zero-order chi connectivity index (χ0) is 14.0. The molecule has 5 nitrogen and oxygen atoms in total. The molecule has 1 saturated heterocycles. The lowest BCUT2D eigenvalue weighted by Crippen LogP contribution is -2.36. The Morgan fingerprint density at radius 3 is 2.74 bits per heavy atom. The Balaban J connectivity index is 2.49. The Hall–Kier alpha value is -1.56. The van der Waals surface area contributed by atoms with Gasteiger partial charge in [0.25, 0.3) is 0 Å². The maximum atomic E-state index is 12.1. The smallest absolute Gasteiger partial charge is 0.326 e. The van der Waals surface area contributed by atoms with Crippen molar-refractivity contribution >= 4 is 21.5 Å². The predicted octanol–water partition coefficient (Wildman–Crippen LogP) is 1.53. The summed E-state index contributed by atoms with van der Waals surface area (Å²) < 4.78 is 24.2. The SMILES string of the molecule is CCS(=O)(=O)c1ccccc1N1CCCC1C(=O)O. The third kappa shape index (κ3) is 2.58. The number of rotatable bonds is 4. The van der Waals surface area contributed by atoms with Crippen LogP contribution < -0.4 is 4.90 Å². The summed E-state index contributed by atoms with van der Waals surface area (Å²) in [6.45, 7) is 2.16. The van der Waals surface area contributed by atoms with Crippen LogP contribution in [0.3, 0.4) is 0 Å². The number of carboxylic acids is 1. The van der Waals surface area contributed by atoms with Gasteiger partial charge in [-0.1, -0.05) is 19.1 Å². The fraction of sp³-hybridized carbons (Fsp3) is 0.462. The highest BCUT2D eigenvalue weighted by Gasteiger charge is 2.33. The first-order valence-corrected chi connectivity index (χ1v) is 7.94. The van der Waals surface area contributed by atoms with Gasteiger partial charge in [0.15, 0.2) is 9.84 Å². The van der Waals surface area contributed by atoms with Gasteiger partial charge >= 0.3 is 5.97 Å². The predicted molar refractivity (Wildman–Crippen MR) is 72.2 cm³/mol. The molecule has 0 saturated carbocycles. The molecule has 1 atom stereocenters. The van der Waals surface area contributed by atoms with Crippen molar-refractivity contribution in [2.24, 2.45) is 0 Å². The molecule has 0 amide bonds. The summed E-state index contributed by atoms with van der Waals surface area (Å²) in [5.41, 5.74) is 0.509. The number of sulfone groups is 1. The molecule has 0 aromatic heterocycles. The Morgan fingerprint density at radius 1 is 1.42 bits per heavy atom. The minimum Gasteiger partial charge on any atom is -0.480 e.